The minimum atomic E-state index is -3.75. The Kier molecular flexibility index (Phi) is 8.23. The lowest BCUT2D eigenvalue weighted by molar-refractivity contribution is -0.122. The number of imidazole rings is 1. The van der Waals surface area contributed by atoms with Gasteiger partial charge in [-0.1, -0.05) is 50.3 Å². The van der Waals surface area contributed by atoms with Crippen LogP contribution in [0.25, 0.3) is 11.0 Å². The summed E-state index contributed by atoms with van der Waals surface area (Å²) in [5, 5.41) is 2.94. The van der Waals surface area contributed by atoms with E-state index in [2.05, 4.69) is 53.2 Å². The molecule has 1 aromatic heterocycles. The molecule has 2 fully saturated rings. The minimum Gasteiger partial charge on any atom is -0.381 e. The van der Waals surface area contributed by atoms with Crippen molar-refractivity contribution in [2.45, 2.75) is 75.4 Å². The number of hydrogen-bond donors (Lipinski definition) is 1. The van der Waals surface area contributed by atoms with E-state index in [4.69, 9.17) is 9.72 Å². The molecule has 2 unspecified atom stereocenters. The molecule has 0 bridgehead atoms. The number of alkyl halides is 1. The Bertz CT molecular complexity index is 1200. The zero-order valence-corrected chi connectivity index (χ0v) is 24.8. The van der Waals surface area contributed by atoms with Crippen LogP contribution in [0, 0.1) is 5.92 Å². The van der Waals surface area contributed by atoms with E-state index < -0.39 is 10.2 Å². The van der Waals surface area contributed by atoms with Crippen LogP contribution in [-0.2, 0) is 31.7 Å². The van der Waals surface area contributed by atoms with E-state index >= 15 is 0 Å². The number of benzene rings is 1. The topological polar surface area (TPSA) is 96.8 Å². The van der Waals surface area contributed by atoms with E-state index in [0.29, 0.717) is 18.0 Å². The Morgan fingerprint density at radius 3 is 2.58 bits per heavy atom. The van der Waals surface area contributed by atoms with E-state index in [9.17, 15) is 13.2 Å². The average Bonchev–Trinajstić information content (AvgIpc) is 3.19. The third-order valence-electron chi connectivity index (χ3n) is 7.00. The average molecular weight is 632 g/mol. The zero-order valence-electron chi connectivity index (χ0n) is 21.8. The molecule has 2 atom stereocenters. The molecule has 9 nitrogen and oxygen atoms in total. The van der Waals surface area contributed by atoms with Crippen molar-refractivity contribution in [1.82, 2.24) is 19.2 Å². The zero-order chi connectivity index (χ0) is 26.3. The maximum Gasteiger partial charge on any atom is 0.304 e. The highest BCUT2D eigenvalue weighted by atomic mass is 127. The molecular weight excluding hydrogens is 593 g/mol. The molecule has 2 aromatic rings. The van der Waals surface area contributed by atoms with E-state index in [1.165, 1.54) is 8.61 Å². The fraction of sp³-hybridized carbons (Fsp3) is 0.680. The number of carbonyl (C=O) groups is 1. The lowest BCUT2D eigenvalue weighted by Crippen LogP contribution is -2.67. The summed E-state index contributed by atoms with van der Waals surface area (Å²) in [6.45, 7) is 11.2. The summed E-state index contributed by atoms with van der Waals surface area (Å²) in [4.78, 5) is 16.9. The van der Waals surface area contributed by atoms with Gasteiger partial charge in [0.25, 0.3) is 0 Å². The number of nitrogens with one attached hydrogen (secondary N) is 1. The Morgan fingerprint density at radius 2 is 1.97 bits per heavy atom. The van der Waals surface area contributed by atoms with Crippen LogP contribution < -0.4 is 9.62 Å². The molecule has 3 heterocycles. The minimum absolute atomic E-state index is 0.0361. The lowest BCUT2D eigenvalue weighted by Gasteiger charge is -2.45. The number of hydrogen-bond acceptors (Lipinski definition) is 5. The highest BCUT2D eigenvalue weighted by molar-refractivity contribution is 14.1. The predicted molar refractivity (Wildman–Crippen MR) is 151 cm³/mol. The molecule has 2 saturated heterocycles. The number of ether oxygens (including phenoxy) is 1. The van der Waals surface area contributed by atoms with Crippen LogP contribution in [0.5, 0.6) is 0 Å². The van der Waals surface area contributed by atoms with Crippen LogP contribution >= 0.6 is 22.6 Å². The summed E-state index contributed by atoms with van der Waals surface area (Å²) in [6, 6.07) is 5.54. The van der Waals surface area contributed by atoms with Crippen LogP contribution in [0.2, 0.25) is 0 Å². The number of amides is 1. The summed E-state index contributed by atoms with van der Waals surface area (Å²) in [5.74, 6) is 1.51. The maximum atomic E-state index is 13.4. The summed E-state index contributed by atoms with van der Waals surface area (Å²) >= 11 is 2.09. The van der Waals surface area contributed by atoms with Crippen molar-refractivity contribution in [3.8, 4) is 0 Å². The molecule has 0 saturated carbocycles. The number of rotatable bonds is 8. The van der Waals surface area contributed by atoms with Gasteiger partial charge in [0.2, 0.25) is 5.91 Å². The van der Waals surface area contributed by atoms with Gasteiger partial charge in [0.15, 0.2) is 0 Å². The molecule has 0 radical (unpaired) electrons. The SMILES string of the molecule is CCCC(=O)NC1CN(S(=O)(=O)N(C)c2ccc3c(c2)nc(C(C)(C)C)n3CC2CCOCC2)C1I. The summed E-state index contributed by atoms with van der Waals surface area (Å²) in [5.41, 5.74) is 2.24. The van der Waals surface area contributed by atoms with Gasteiger partial charge >= 0.3 is 10.2 Å². The van der Waals surface area contributed by atoms with Gasteiger partial charge in [0.1, 0.15) is 5.82 Å². The van der Waals surface area contributed by atoms with Gasteiger partial charge in [0, 0.05) is 45.2 Å². The van der Waals surface area contributed by atoms with Gasteiger partial charge in [-0.15, -0.1) is 0 Å². The van der Waals surface area contributed by atoms with Crippen LogP contribution in [-0.4, -0.2) is 65.1 Å². The van der Waals surface area contributed by atoms with E-state index in [1.807, 2.05) is 25.1 Å². The first kappa shape index (κ1) is 27.6. The molecule has 11 heteroatoms. The number of fused-ring (bicyclic) bond motifs is 1. The monoisotopic (exact) mass is 631 g/mol. The second-order valence-corrected chi connectivity index (χ2v) is 14.1. The highest BCUT2D eigenvalue weighted by Crippen LogP contribution is 2.34. The molecule has 36 heavy (non-hydrogen) atoms. The number of halogens is 1. The van der Waals surface area contributed by atoms with E-state index in [-0.39, 0.29) is 28.0 Å². The number of carbonyl (C=O) groups excluding carboxylic acids is 1. The molecule has 4 rings (SSSR count). The van der Waals surface area contributed by atoms with Crippen molar-refractivity contribution < 1.29 is 17.9 Å². The van der Waals surface area contributed by atoms with Gasteiger partial charge in [-0.3, -0.25) is 9.10 Å². The number of aromatic nitrogens is 2. The van der Waals surface area contributed by atoms with Crippen molar-refractivity contribution in [2.24, 2.45) is 5.92 Å². The molecule has 0 aliphatic carbocycles. The summed E-state index contributed by atoms with van der Waals surface area (Å²) in [6.07, 6.45) is 3.29. The van der Waals surface area contributed by atoms with E-state index in [1.54, 1.807) is 7.05 Å². The van der Waals surface area contributed by atoms with Crippen molar-refractivity contribution in [3.63, 3.8) is 0 Å². The molecule has 2 aliphatic rings. The standard InChI is InChI=1S/C25H38IN5O4S/c1-6-7-22(32)27-20-16-31(23(20)26)36(33,34)29(5)18-8-9-21-19(14-18)28-24(25(2,3)4)30(21)15-17-10-12-35-13-11-17/h8-9,14,17,20,23H,6-7,10-13,15-16H2,1-5H3,(H,27,32). The molecular formula is C25H38IN5O4S. The van der Waals surface area contributed by atoms with Gasteiger partial charge in [-0.25, -0.2) is 4.98 Å². The highest BCUT2D eigenvalue weighted by Gasteiger charge is 2.46. The first-order valence-corrected chi connectivity index (χ1v) is 15.4. The number of nitrogens with zero attached hydrogens (tertiary/aromatic N) is 4. The quantitative estimate of drug-likeness (QED) is 0.272. The Balaban J connectivity index is 1.57. The Hall–Kier alpha value is -1.44. The van der Waals surface area contributed by atoms with Crippen molar-refractivity contribution >= 4 is 55.4 Å². The molecule has 1 N–H and O–H groups in total. The second kappa shape index (κ2) is 10.7. The summed E-state index contributed by atoms with van der Waals surface area (Å²) < 4.78 is 37.1. The van der Waals surface area contributed by atoms with E-state index in [0.717, 1.165) is 55.9 Å². The molecule has 1 aromatic carbocycles. The molecule has 200 valence electrons. The molecule has 1 amide bonds. The van der Waals surface area contributed by atoms with Gasteiger partial charge in [0.05, 0.1) is 26.8 Å². The van der Waals surface area contributed by atoms with Crippen LogP contribution in [0.4, 0.5) is 5.69 Å². The smallest absolute Gasteiger partial charge is 0.304 e. The lowest BCUT2D eigenvalue weighted by atomic mass is 9.94. The Morgan fingerprint density at radius 1 is 1.28 bits per heavy atom. The van der Waals surface area contributed by atoms with Crippen LogP contribution in [0.15, 0.2) is 18.2 Å². The Labute approximate surface area is 228 Å². The second-order valence-electron chi connectivity index (χ2n) is 10.9. The fourth-order valence-corrected chi connectivity index (χ4v) is 7.78. The van der Waals surface area contributed by atoms with Gasteiger partial charge < -0.3 is 14.6 Å². The van der Waals surface area contributed by atoms with Crippen LogP contribution in [0.3, 0.4) is 0 Å². The van der Waals surface area contributed by atoms with Crippen molar-refractivity contribution in [3.05, 3.63) is 24.0 Å². The first-order valence-electron chi connectivity index (χ1n) is 12.7. The third-order valence-corrected chi connectivity index (χ3v) is 10.8. The molecule has 2 aliphatic heterocycles. The largest absolute Gasteiger partial charge is 0.381 e. The first-order chi connectivity index (χ1) is 16.9. The third kappa shape index (κ3) is 5.53. The maximum absolute atomic E-state index is 13.4. The normalized spacial score (nSPS) is 21.9. The molecule has 0 spiro atoms. The van der Waals surface area contributed by atoms with Crippen LogP contribution in [0.1, 0.15) is 59.2 Å². The van der Waals surface area contributed by atoms with Crippen molar-refractivity contribution in [2.75, 3.05) is 31.1 Å². The fourth-order valence-electron chi connectivity index (χ4n) is 4.84. The van der Waals surface area contributed by atoms with Gasteiger partial charge in [-0.05, 0) is 43.4 Å². The number of anilines is 1. The predicted octanol–water partition coefficient (Wildman–Crippen LogP) is 3.80. The summed E-state index contributed by atoms with van der Waals surface area (Å²) in [7, 11) is -2.17. The van der Waals surface area contributed by atoms with Gasteiger partial charge in [-0.2, -0.15) is 12.7 Å². The van der Waals surface area contributed by atoms with Crippen molar-refractivity contribution in [1.29, 1.82) is 0 Å².